The van der Waals surface area contributed by atoms with Crippen molar-refractivity contribution in [1.29, 1.82) is 0 Å². The number of rotatable bonds is 6. The van der Waals surface area contributed by atoms with Crippen LogP contribution in [0.4, 0.5) is 4.79 Å². The molecule has 0 aliphatic heterocycles. The normalized spacial score (nSPS) is 11.6. The van der Waals surface area contributed by atoms with Gasteiger partial charge < -0.3 is 16.0 Å². The Labute approximate surface area is 126 Å². The van der Waals surface area contributed by atoms with Crippen LogP contribution >= 0.6 is 0 Å². The summed E-state index contributed by atoms with van der Waals surface area (Å²) in [5.74, 6) is -0.0528. The van der Waals surface area contributed by atoms with Crippen LogP contribution in [0.5, 0.6) is 0 Å². The summed E-state index contributed by atoms with van der Waals surface area (Å²) >= 11 is 0. The minimum atomic E-state index is -0.189. The van der Waals surface area contributed by atoms with Gasteiger partial charge in [0.15, 0.2) is 0 Å². The van der Waals surface area contributed by atoms with E-state index in [9.17, 15) is 9.59 Å². The second-order valence-electron chi connectivity index (χ2n) is 5.25. The van der Waals surface area contributed by atoms with Gasteiger partial charge in [0.2, 0.25) is 5.91 Å². The Bertz CT molecular complexity index is 500. The summed E-state index contributed by atoms with van der Waals surface area (Å²) in [5.41, 5.74) is 3.55. The summed E-state index contributed by atoms with van der Waals surface area (Å²) in [6.45, 7) is 8.68. The van der Waals surface area contributed by atoms with E-state index in [1.54, 1.807) is 0 Å². The number of urea groups is 1. The predicted molar refractivity (Wildman–Crippen MR) is 84.2 cm³/mol. The van der Waals surface area contributed by atoms with Crippen LogP contribution < -0.4 is 16.0 Å². The molecule has 1 rings (SSSR count). The third-order valence-electron chi connectivity index (χ3n) is 3.47. The third-order valence-corrected chi connectivity index (χ3v) is 3.47. The lowest BCUT2D eigenvalue weighted by atomic mass is 9.98. The highest BCUT2D eigenvalue weighted by Gasteiger charge is 2.11. The van der Waals surface area contributed by atoms with E-state index in [4.69, 9.17) is 0 Å². The van der Waals surface area contributed by atoms with Gasteiger partial charge in [-0.15, -0.1) is 0 Å². The summed E-state index contributed by atoms with van der Waals surface area (Å²) in [6, 6.07) is 5.87. The van der Waals surface area contributed by atoms with E-state index in [1.807, 2.05) is 19.1 Å². The molecule has 116 valence electrons. The first-order valence-electron chi connectivity index (χ1n) is 7.26. The van der Waals surface area contributed by atoms with Crippen LogP contribution in [0.15, 0.2) is 18.2 Å². The van der Waals surface area contributed by atoms with Crippen molar-refractivity contribution in [2.75, 3.05) is 13.1 Å². The van der Waals surface area contributed by atoms with Crippen LogP contribution in [-0.2, 0) is 4.79 Å². The van der Waals surface area contributed by atoms with Gasteiger partial charge >= 0.3 is 6.03 Å². The Hall–Kier alpha value is -2.04. The molecule has 3 amide bonds. The molecular formula is C16H25N3O2. The lowest BCUT2D eigenvalue weighted by Gasteiger charge is -2.18. The molecule has 1 aromatic carbocycles. The van der Waals surface area contributed by atoms with Crippen molar-refractivity contribution in [2.24, 2.45) is 0 Å². The van der Waals surface area contributed by atoms with Crippen molar-refractivity contribution in [1.82, 2.24) is 16.0 Å². The fourth-order valence-corrected chi connectivity index (χ4v) is 2.12. The molecule has 0 bridgehead atoms. The van der Waals surface area contributed by atoms with Crippen molar-refractivity contribution in [2.45, 2.75) is 40.2 Å². The zero-order chi connectivity index (χ0) is 15.8. The second-order valence-corrected chi connectivity index (χ2v) is 5.25. The van der Waals surface area contributed by atoms with Gasteiger partial charge in [-0.1, -0.05) is 18.2 Å². The summed E-state index contributed by atoms with van der Waals surface area (Å²) in [4.78, 5) is 22.5. The molecule has 0 fully saturated rings. The van der Waals surface area contributed by atoms with Crippen molar-refractivity contribution in [3.63, 3.8) is 0 Å². The number of benzene rings is 1. The van der Waals surface area contributed by atoms with Gasteiger partial charge in [-0.05, 0) is 43.9 Å². The average molecular weight is 291 g/mol. The number of carbonyl (C=O) groups is 2. The van der Waals surface area contributed by atoms with E-state index in [2.05, 4.69) is 35.9 Å². The van der Waals surface area contributed by atoms with Crippen LogP contribution in [0.1, 0.15) is 43.0 Å². The molecule has 0 radical (unpaired) electrons. The van der Waals surface area contributed by atoms with Crippen LogP contribution in [-0.4, -0.2) is 25.0 Å². The molecular weight excluding hydrogens is 266 g/mol. The Morgan fingerprint density at radius 1 is 1.14 bits per heavy atom. The number of aryl methyl sites for hydroxylation is 1. The predicted octanol–water partition coefficient (Wildman–Crippen LogP) is 2.19. The molecule has 0 saturated carbocycles. The van der Waals surface area contributed by atoms with E-state index in [1.165, 1.54) is 18.1 Å². The molecule has 1 atom stereocenters. The zero-order valence-electron chi connectivity index (χ0n) is 13.2. The Balaban J connectivity index is 2.37. The van der Waals surface area contributed by atoms with Crippen LogP contribution in [0.25, 0.3) is 0 Å². The number of nitrogens with one attached hydrogen (secondary N) is 3. The lowest BCUT2D eigenvalue weighted by molar-refractivity contribution is -0.118. The first kappa shape index (κ1) is 17.0. The van der Waals surface area contributed by atoms with Gasteiger partial charge in [-0.3, -0.25) is 4.79 Å². The molecule has 21 heavy (non-hydrogen) atoms. The highest BCUT2D eigenvalue weighted by atomic mass is 16.2. The fourth-order valence-electron chi connectivity index (χ4n) is 2.12. The van der Waals surface area contributed by atoms with Crippen LogP contribution in [0, 0.1) is 13.8 Å². The Kier molecular flexibility index (Phi) is 6.72. The minimum absolute atomic E-state index is 0.0414. The zero-order valence-corrected chi connectivity index (χ0v) is 13.2. The summed E-state index contributed by atoms with van der Waals surface area (Å²) in [6.07, 6.45) is 0.713. The Morgan fingerprint density at radius 3 is 2.48 bits per heavy atom. The number of carbonyl (C=O) groups excluding carboxylic acids is 2. The molecule has 0 spiro atoms. The molecule has 0 unspecified atom stereocenters. The molecule has 0 heterocycles. The van der Waals surface area contributed by atoms with Gasteiger partial charge in [-0.25, -0.2) is 4.79 Å². The van der Waals surface area contributed by atoms with E-state index in [-0.39, 0.29) is 18.0 Å². The number of hydrogen-bond acceptors (Lipinski definition) is 2. The number of amides is 3. The van der Waals surface area contributed by atoms with Crippen LogP contribution in [0.3, 0.4) is 0 Å². The summed E-state index contributed by atoms with van der Waals surface area (Å²) < 4.78 is 0. The molecule has 0 aromatic heterocycles. The van der Waals surface area contributed by atoms with Crippen molar-refractivity contribution in [3.8, 4) is 0 Å². The molecule has 3 N–H and O–H groups in total. The quantitative estimate of drug-likeness (QED) is 0.703. The highest BCUT2D eigenvalue weighted by molar-refractivity contribution is 5.74. The van der Waals surface area contributed by atoms with Gasteiger partial charge in [0.1, 0.15) is 0 Å². The maximum Gasteiger partial charge on any atom is 0.315 e. The molecule has 0 aliphatic rings. The molecule has 0 aliphatic carbocycles. The van der Waals surface area contributed by atoms with Crippen molar-refractivity contribution in [3.05, 3.63) is 34.9 Å². The smallest absolute Gasteiger partial charge is 0.315 e. The first-order valence-corrected chi connectivity index (χ1v) is 7.26. The number of hydrogen-bond donors (Lipinski definition) is 3. The maximum absolute atomic E-state index is 11.8. The Morgan fingerprint density at radius 2 is 1.81 bits per heavy atom. The largest absolute Gasteiger partial charge is 0.356 e. The minimum Gasteiger partial charge on any atom is -0.356 e. The van der Waals surface area contributed by atoms with Gasteiger partial charge in [0.05, 0.1) is 6.04 Å². The maximum atomic E-state index is 11.8. The van der Waals surface area contributed by atoms with E-state index in [0.29, 0.717) is 19.5 Å². The van der Waals surface area contributed by atoms with Crippen molar-refractivity contribution < 1.29 is 9.59 Å². The van der Waals surface area contributed by atoms with Gasteiger partial charge in [-0.2, -0.15) is 0 Å². The SMILES string of the molecule is CC(=O)NCCCNC(=O)N[C@H](C)c1cccc(C)c1C. The topological polar surface area (TPSA) is 70.2 Å². The van der Waals surface area contributed by atoms with Gasteiger partial charge in [0, 0.05) is 20.0 Å². The standard InChI is InChI=1S/C16H25N3O2/c1-11-7-5-8-15(12(11)2)13(3)19-16(21)18-10-6-9-17-14(4)20/h5,7-8,13H,6,9-10H2,1-4H3,(H,17,20)(H2,18,19,21)/t13-/m1/s1. The van der Waals surface area contributed by atoms with Crippen LogP contribution in [0.2, 0.25) is 0 Å². The molecule has 5 nitrogen and oxygen atoms in total. The second kappa shape index (κ2) is 8.29. The molecule has 0 saturated heterocycles. The fraction of sp³-hybridized carbons (Fsp3) is 0.500. The van der Waals surface area contributed by atoms with E-state index >= 15 is 0 Å². The summed E-state index contributed by atoms with van der Waals surface area (Å²) in [7, 11) is 0. The summed E-state index contributed by atoms with van der Waals surface area (Å²) in [5, 5.41) is 8.41. The van der Waals surface area contributed by atoms with E-state index < -0.39 is 0 Å². The average Bonchev–Trinajstić information content (AvgIpc) is 2.41. The third kappa shape index (κ3) is 5.85. The lowest BCUT2D eigenvalue weighted by Crippen LogP contribution is -2.38. The van der Waals surface area contributed by atoms with Crippen molar-refractivity contribution >= 4 is 11.9 Å². The molecule has 1 aromatic rings. The first-order chi connectivity index (χ1) is 9.91. The molecule has 5 heteroatoms. The monoisotopic (exact) mass is 291 g/mol. The van der Waals surface area contributed by atoms with E-state index in [0.717, 1.165) is 5.56 Å². The highest BCUT2D eigenvalue weighted by Crippen LogP contribution is 2.19. The van der Waals surface area contributed by atoms with Gasteiger partial charge in [0.25, 0.3) is 0 Å².